The average molecular weight is 472 g/mol. The van der Waals surface area contributed by atoms with E-state index in [1.807, 2.05) is 30.3 Å². The van der Waals surface area contributed by atoms with Crippen molar-refractivity contribution >= 4 is 17.4 Å². The Morgan fingerprint density at radius 1 is 1.18 bits per heavy atom. The number of likely N-dealkylation sites (N-methyl/N-ethyl adjacent to an activating group) is 1. The lowest BCUT2D eigenvalue weighted by Crippen LogP contribution is -2.47. The van der Waals surface area contributed by atoms with E-state index in [0.717, 1.165) is 11.6 Å². The number of hydrogen-bond donors (Lipinski definition) is 2. The molecule has 8 heteroatoms. The van der Waals surface area contributed by atoms with E-state index in [9.17, 15) is 9.18 Å². The smallest absolute Gasteiger partial charge is 0.175 e. The Labute approximate surface area is 193 Å². The van der Waals surface area contributed by atoms with Crippen LogP contribution in [-0.2, 0) is 5.60 Å². The van der Waals surface area contributed by atoms with E-state index in [-0.39, 0.29) is 58.8 Å². The molecule has 0 saturated heterocycles. The number of carbonyl (C=O) groups excluding carboxylic acids is 1. The lowest BCUT2D eigenvalue weighted by atomic mass is 9.69. The molecule has 5 nitrogen and oxygen atoms in total. The zero-order chi connectivity index (χ0) is 23.3. The number of halogens is 3. The lowest BCUT2D eigenvalue weighted by molar-refractivity contribution is 0.0541. The van der Waals surface area contributed by atoms with Crippen LogP contribution in [-0.4, -0.2) is 37.7 Å². The number of rotatable bonds is 6. The first-order valence-corrected chi connectivity index (χ1v) is 10.8. The second-order valence-corrected chi connectivity index (χ2v) is 8.39. The van der Waals surface area contributed by atoms with Crippen LogP contribution in [0.3, 0.4) is 0 Å². The van der Waals surface area contributed by atoms with Crippen LogP contribution in [0.15, 0.2) is 48.5 Å². The highest BCUT2D eigenvalue weighted by Crippen LogP contribution is 2.60. The fraction of sp³-hybridized carbons (Fsp3) is 0.240. The normalized spacial score (nSPS) is 20.3. The van der Waals surface area contributed by atoms with Crippen LogP contribution in [0.1, 0.15) is 27.4 Å². The highest BCUT2D eigenvalue weighted by molar-refractivity contribution is 6.35. The number of aliphatic hydroxyl groups is 1. The number of ether oxygens (including phenoxy) is 2. The highest BCUT2D eigenvalue weighted by Gasteiger charge is 2.57. The van der Waals surface area contributed by atoms with Crippen LogP contribution in [0, 0.1) is 11.6 Å². The van der Waals surface area contributed by atoms with E-state index in [2.05, 4.69) is 5.32 Å². The van der Waals surface area contributed by atoms with Crippen LogP contribution in [0.4, 0.5) is 8.78 Å². The Hall–Kier alpha value is -3.00. The first-order chi connectivity index (χ1) is 15.9. The van der Waals surface area contributed by atoms with Crippen molar-refractivity contribution in [3.8, 4) is 22.6 Å². The molecule has 1 aliphatic heterocycles. The summed E-state index contributed by atoms with van der Waals surface area (Å²) in [5.74, 6) is -2.85. The third kappa shape index (κ3) is 3.07. The number of ketones is 1. The van der Waals surface area contributed by atoms with Gasteiger partial charge >= 0.3 is 0 Å². The van der Waals surface area contributed by atoms with Gasteiger partial charge in [-0.05, 0) is 24.7 Å². The average Bonchev–Trinajstić information content (AvgIpc) is 3.14. The molecule has 1 aliphatic carbocycles. The minimum atomic E-state index is -1.18. The molecule has 170 valence electrons. The van der Waals surface area contributed by atoms with Gasteiger partial charge in [0.25, 0.3) is 0 Å². The van der Waals surface area contributed by atoms with Crippen molar-refractivity contribution < 1.29 is 28.2 Å². The van der Waals surface area contributed by atoms with E-state index in [4.69, 9.17) is 26.2 Å². The van der Waals surface area contributed by atoms with Crippen molar-refractivity contribution in [1.29, 1.82) is 0 Å². The van der Waals surface area contributed by atoms with E-state index in [0.29, 0.717) is 5.56 Å². The van der Waals surface area contributed by atoms with Gasteiger partial charge in [-0.2, -0.15) is 0 Å². The fourth-order valence-electron chi connectivity index (χ4n) is 4.94. The molecule has 0 radical (unpaired) electrons. The molecule has 33 heavy (non-hydrogen) atoms. The highest BCUT2D eigenvalue weighted by atomic mass is 35.5. The topological polar surface area (TPSA) is 67.8 Å². The molecule has 0 unspecified atom stereocenters. The zero-order valence-electron chi connectivity index (χ0n) is 17.6. The van der Waals surface area contributed by atoms with Crippen LogP contribution >= 0.6 is 11.6 Å². The standard InChI is InChI=1S/C25H20ClF2NO4/c1-29-12-25(13-5-3-2-4-6-13)21-19-17(33-25)11-15(27)22(26)20(19)18-14(24(21)31)7-8-16(23(18)28)32-10-9-30/h2-8,11,21,29-30H,9-10,12H2,1H3/t21-,25-/m1/s1. The van der Waals surface area contributed by atoms with Crippen LogP contribution < -0.4 is 14.8 Å². The Balaban J connectivity index is 1.81. The van der Waals surface area contributed by atoms with E-state index >= 15 is 4.39 Å². The van der Waals surface area contributed by atoms with E-state index in [1.54, 1.807) is 7.05 Å². The van der Waals surface area contributed by atoms with Gasteiger partial charge < -0.3 is 19.9 Å². The molecule has 2 atom stereocenters. The van der Waals surface area contributed by atoms with Gasteiger partial charge in [0.15, 0.2) is 23.0 Å². The molecule has 1 heterocycles. The summed E-state index contributed by atoms with van der Waals surface area (Å²) in [6.45, 7) is -0.203. The molecule has 2 aliphatic rings. The van der Waals surface area contributed by atoms with Gasteiger partial charge in [-0.1, -0.05) is 41.9 Å². The van der Waals surface area contributed by atoms with Gasteiger partial charge in [-0.3, -0.25) is 4.79 Å². The van der Waals surface area contributed by atoms with Gasteiger partial charge in [0.2, 0.25) is 0 Å². The zero-order valence-corrected chi connectivity index (χ0v) is 18.4. The summed E-state index contributed by atoms with van der Waals surface area (Å²) in [5.41, 5.74) is -0.0563. The number of carbonyl (C=O) groups is 1. The third-order valence-electron chi connectivity index (χ3n) is 6.20. The molecule has 0 amide bonds. The molecular formula is C25H20ClF2NO4. The van der Waals surface area contributed by atoms with Crippen molar-refractivity contribution in [2.45, 2.75) is 11.5 Å². The molecule has 0 bridgehead atoms. The molecule has 5 rings (SSSR count). The molecule has 3 aromatic carbocycles. The number of Topliss-reactive ketones (excluding diaryl/α,β-unsaturated/α-hetero) is 1. The molecule has 0 aromatic heterocycles. The third-order valence-corrected chi connectivity index (χ3v) is 6.57. The Bertz CT molecular complexity index is 1270. The fourth-order valence-corrected chi connectivity index (χ4v) is 5.19. The minimum Gasteiger partial charge on any atom is -0.488 e. The molecule has 0 spiro atoms. The maximum absolute atomic E-state index is 15.6. The predicted molar refractivity (Wildman–Crippen MR) is 119 cm³/mol. The number of hydrogen-bond acceptors (Lipinski definition) is 5. The summed E-state index contributed by atoms with van der Waals surface area (Å²) in [6.07, 6.45) is 0. The summed E-state index contributed by atoms with van der Waals surface area (Å²) < 4.78 is 42.2. The minimum absolute atomic E-state index is 0.0710. The SMILES string of the molecule is CNC[C@]1(c2ccccc2)Oc2cc(F)c(Cl)c3c2[C@@H]1C(=O)c1ccc(OCCO)c(F)c1-3. The first kappa shape index (κ1) is 21.8. The van der Waals surface area contributed by atoms with Crippen molar-refractivity contribution in [3.05, 3.63) is 81.9 Å². The van der Waals surface area contributed by atoms with E-state index in [1.165, 1.54) is 12.1 Å². The summed E-state index contributed by atoms with van der Waals surface area (Å²) in [4.78, 5) is 13.9. The van der Waals surface area contributed by atoms with Crippen molar-refractivity contribution in [2.24, 2.45) is 0 Å². The Kier molecular flexibility index (Phi) is 5.35. The Morgan fingerprint density at radius 3 is 2.64 bits per heavy atom. The second kappa shape index (κ2) is 8.09. The monoisotopic (exact) mass is 471 g/mol. The maximum Gasteiger partial charge on any atom is 0.175 e. The number of aliphatic hydroxyl groups excluding tert-OH is 1. The second-order valence-electron chi connectivity index (χ2n) is 8.02. The van der Waals surface area contributed by atoms with Crippen LogP contribution in [0.2, 0.25) is 5.02 Å². The number of fused-ring (bicyclic) bond motifs is 2. The van der Waals surface area contributed by atoms with Crippen LogP contribution in [0.25, 0.3) is 11.1 Å². The number of benzene rings is 3. The van der Waals surface area contributed by atoms with Crippen molar-refractivity contribution in [2.75, 3.05) is 26.8 Å². The van der Waals surface area contributed by atoms with Gasteiger partial charge in [0.05, 0.1) is 17.5 Å². The molecule has 2 N–H and O–H groups in total. The number of nitrogens with one attached hydrogen (secondary N) is 1. The largest absolute Gasteiger partial charge is 0.488 e. The maximum atomic E-state index is 15.6. The van der Waals surface area contributed by atoms with Crippen molar-refractivity contribution in [1.82, 2.24) is 5.32 Å². The molecule has 3 aromatic rings. The Morgan fingerprint density at radius 2 is 1.94 bits per heavy atom. The summed E-state index contributed by atoms with van der Waals surface area (Å²) in [6, 6.07) is 13.1. The quantitative estimate of drug-likeness (QED) is 0.556. The lowest BCUT2D eigenvalue weighted by Gasteiger charge is -2.36. The van der Waals surface area contributed by atoms with Gasteiger partial charge in [-0.25, -0.2) is 8.78 Å². The summed E-state index contributed by atoms with van der Waals surface area (Å²) in [7, 11) is 1.73. The first-order valence-electron chi connectivity index (χ1n) is 10.5. The summed E-state index contributed by atoms with van der Waals surface area (Å²) in [5, 5.41) is 11.8. The molecular weight excluding hydrogens is 452 g/mol. The summed E-state index contributed by atoms with van der Waals surface area (Å²) >= 11 is 6.39. The van der Waals surface area contributed by atoms with Gasteiger partial charge in [-0.15, -0.1) is 0 Å². The predicted octanol–water partition coefficient (Wildman–Crippen LogP) is 4.44. The van der Waals surface area contributed by atoms with Gasteiger partial charge in [0, 0.05) is 34.9 Å². The van der Waals surface area contributed by atoms with Crippen LogP contribution in [0.5, 0.6) is 11.5 Å². The molecule has 0 saturated carbocycles. The van der Waals surface area contributed by atoms with E-state index < -0.39 is 23.2 Å². The van der Waals surface area contributed by atoms with Crippen molar-refractivity contribution in [3.63, 3.8) is 0 Å². The van der Waals surface area contributed by atoms with Gasteiger partial charge in [0.1, 0.15) is 18.2 Å². The molecule has 0 fully saturated rings.